The van der Waals surface area contributed by atoms with Gasteiger partial charge < -0.3 is 9.47 Å². The van der Waals surface area contributed by atoms with Crippen molar-refractivity contribution < 1.29 is 29.0 Å². The lowest BCUT2D eigenvalue weighted by Gasteiger charge is -2.43. The van der Waals surface area contributed by atoms with Gasteiger partial charge in [0.2, 0.25) is 5.79 Å². The van der Waals surface area contributed by atoms with Gasteiger partial charge in [0.1, 0.15) is 11.2 Å². The fraction of sp³-hybridized carbons (Fsp3) is 0.643. The van der Waals surface area contributed by atoms with E-state index in [0.717, 1.165) is 0 Å². The molecule has 0 bridgehead atoms. The Balaban J connectivity index is 1.41. The molecule has 6 nitrogen and oxygen atoms in total. The Bertz CT molecular complexity index is 1010. The molecule has 1 heterocycles. The summed E-state index contributed by atoms with van der Waals surface area (Å²) in [7, 11) is 0. The third-order valence-electron chi connectivity index (χ3n) is 7.28. The van der Waals surface area contributed by atoms with Crippen molar-refractivity contribution >= 4 is 10.8 Å². The lowest BCUT2D eigenvalue weighted by molar-refractivity contribution is -0.549. The molecule has 2 fully saturated rings. The van der Waals surface area contributed by atoms with Crippen LogP contribution in [-0.4, -0.2) is 22.8 Å². The molecule has 2 aliphatic carbocycles. The van der Waals surface area contributed by atoms with E-state index in [-0.39, 0.29) is 0 Å². The van der Waals surface area contributed by atoms with Crippen molar-refractivity contribution in [3.8, 4) is 0 Å². The number of fused-ring (bicyclic) bond motifs is 3. The molecule has 2 atom stereocenters. The zero-order valence-electron chi connectivity index (χ0n) is 21.7. The van der Waals surface area contributed by atoms with Crippen LogP contribution in [-0.2, 0) is 40.2 Å². The summed E-state index contributed by atoms with van der Waals surface area (Å²) in [6, 6.07) is 12.9. The second-order valence-electron chi connectivity index (χ2n) is 12.4. The zero-order valence-corrected chi connectivity index (χ0v) is 21.7. The molecule has 2 aromatic rings. The van der Waals surface area contributed by atoms with Crippen LogP contribution in [0, 0.1) is 0 Å². The van der Waals surface area contributed by atoms with Crippen LogP contribution in [0.4, 0.5) is 0 Å². The van der Waals surface area contributed by atoms with Crippen molar-refractivity contribution in [2.75, 3.05) is 0 Å². The summed E-state index contributed by atoms with van der Waals surface area (Å²) >= 11 is 0. The van der Waals surface area contributed by atoms with Crippen LogP contribution in [0.2, 0.25) is 0 Å². The Morgan fingerprint density at radius 1 is 0.676 bits per heavy atom. The van der Waals surface area contributed by atoms with E-state index in [2.05, 4.69) is 50.2 Å². The van der Waals surface area contributed by atoms with Gasteiger partial charge in [-0.15, -0.1) is 0 Å². The van der Waals surface area contributed by atoms with Crippen molar-refractivity contribution in [2.24, 2.45) is 0 Å². The van der Waals surface area contributed by atoms with E-state index in [0.29, 0.717) is 25.7 Å². The standard InChI is InChI=1S/C28H38O6/c1-23(2,3)31-33-28(34-32-24(4,5)6)17-15-27(16-18-28)29-25(7)20-13-9-11-19-12-10-14-21(22(19)20)26(25,8)30-27/h9-14H,15-18H2,1-8H3. The molecule has 0 N–H and O–H groups in total. The Morgan fingerprint density at radius 3 is 1.53 bits per heavy atom. The monoisotopic (exact) mass is 470 g/mol. The second kappa shape index (κ2) is 7.48. The topological polar surface area (TPSA) is 55.4 Å². The first-order valence-corrected chi connectivity index (χ1v) is 12.4. The molecule has 3 aliphatic rings. The van der Waals surface area contributed by atoms with E-state index in [1.807, 2.05) is 41.5 Å². The first kappa shape index (κ1) is 24.2. The van der Waals surface area contributed by atoms with E-state index in [9.17, 15) is 0 Å². The Labute approximate surface area is 202 Å². The van der Waals surface area contributed by atoms with Crippen LogP contribution in [0.3, 0.4) is 0 Å². The highest BCUT2D eigenvalue weighted by atomic mass is 17.3. The van der Waals surface area contributed by atoms with Gasteiger partial charge in [0.05, 0.1) is 11.2 Å². The molecule has 6 heteroatoms. The summed E-state index contributed by atoms with van der Waals surface area (Å²) < 4.78 is 13.9. The van der Waals surface area contributed by atoms with Gasteiger partial charge in [0.15, 0.2) is 5.79 Å². The number of benzene rings is 2. The summed E-state index contributed by atoms with van der Waals surface area (Å²) in [6.45, 7) is 16.0. The minimum Gasteiger partial charge on any atom is -0.336 e. The fourth-order valence-corrected chi connectivity index (χ4v) is 5.52. The Kier molecular flexibility index (Phi) is 5.32. The highest BCUT2D eigenvalue weighted by Gasteiger charge is 2.68. The highest BCUT2D eigenvalue weighted by Crippen LogP contribution is 2.65. The molecule has 2 aromatic carbocycles. The maximum absolute atomic E-state index is 6.95. The molecule has 5 rings (SSSR count). The zero-order chi connectivity index (χ0) is 24.6. The van der Waals surface area contributed by atoms with Gasteiger partial charge in [-0.3, -0.25) is 0 Å². The Hall–Kier alpha value is -1.54. The summed E-state index contributed by atoms with van der Waals surface area (Å²) in [4.78, 5) is 23.2. The molecule has 0 radical (unpaired) electrons. The minimum atomic E-state index is -1.03. The van der Waals surface area contributed by atoms with Crippen molar-refractivity contribution in [3.05, 3.63) is 47.5 Å². The first-order valence-electron chi connectivity index (χ1n) is 12.4. The maximum Gasteiger partial charge on any atom is 0.234 e. The quantitative estimate of drug-likeness (QED) is 0.279. The van der Waals surface area contributed by atoms with Gasteiger partial charge >= 0.3 is 0 Å². The van der Waals surface area contributed by atoms with Crippen molar-refractivity contribution in [1.82, 2.24) is 0 Å². The number of hydrogen-bond donors (Lipinski definition) is 0. The van der Waals surface area contributed by atoms with E-state index < -0.39 is 34.0 Å². The smallest absolute Gasteiger partial charge is 0.234 e. The third kappa shape index (κ3) is 3.80. The molecular weight excluding hydrogens is 432 g/mol. The van der Waals surface area contributed by atoms with Crippen LogP contribution in [0.15, 0.2) is 36.4 Å². The van der Waals surface area contributed by atoms with Gasteiger partial charge in [-0.05, 0) is 77.3 Å². The first-order chi connectivity index (χ1) is 15.7. The van der Waals surface area contributed by atoms with Crippen LogP contribution >= 0.6 is 0 Å². The van der Waals surface area contributed by atoms with Crippen LogP contribution in [0.25, 0.3) is 10.8 Å². The van der Waals surface area contributed by atoms with Crippen molar-refractivity contribution in [1.29, 1.82) is 0 Å². The predicted octanol–water partition coefficient (Wildman–Crippen LogP) is 6.79. The molecule has 0 amide bonds. The molecule has 1 aliphatic heterocycles. The maximum atomic E-state index is 6.95. The lowest BCUT2D eigenvalue weighted by Crippen LogP contribution is -2.49. The number of hydrogen-bond acceptors (Lipinski definition) is 6. The third-order valence-corrected chi connectivity index (χ3v) is 7.28. The van der Waals surface area contributed by atoms with Crippen LogP contribution in [0.5, 0.6) is 0 Å². The van der Waals surface area contributed by atoms with Gasteiger partial charge in [-0.1, -0.05) is 36.4 Å². The van der Waals surface area contributed by atoms with E-state index in [4.69, 9.17) is 29.0 Å². The second-order valence-corrected chi connectivity index (χ2v) is 12.4. The largest absolute Gasteiger partial charge is 0.336 e. The van der Waals surface area contributed by atoms with Crippen molar-refractivity contribution in [3.63, 3.8) is 0 Å². The van der Waals surface area contributed by atoms with E-state index in [1.54, 1.807) is 0 Å². The molecule has 186 valence electrons. The van der Waals surface area contributed by atoms with E-state index in [1.165, 1.54) is 21.9 Å². The van der Waals surface area contributed by atoms with Gasteiger partial charge in [-0.25, -0.2) is 9.78 Å². The predicted molar refractivity (Wildman–Crippen MR) is 129 cm³/mol. The van der Waals surface area contributed by atoms with Gasteiger partial charge in [0, 0.05) is 25.7 Å². The fourth-order valence-electron chi connectivity index (χ4n) is 5.52. The molecule has 1 spiro atoms. The van der Waals surface area contributed by atoms with E-state index >= 15 is 0 Å². The van der Waals surface area contributed by atoms with Crippen LogP contribution in [0.1, 0.15) is 92.2 Å². The van der Waals surface area contributed by atoms with Crippen LogP contribution < -0.4 is 0 Å². The van der Waals surface area contributed by atoms with Gasteiger partial charge in [-0.2, -0.15) is 9.78 Å². The molecule has 2 unspecified atom stereocenters. The summed E-state index contributed by atoms with van der Waals surface area (Å²) in [5.74, 6) is -1.77. The van der Waals surface area contributed by atoms with Crippen molar-refractivity contribution in [2.45, 2.75) is 115 Å². The molecular formula is C28H38O6. The molecule has 34 heavy (non-hydrogen) atoms. The summed E-state index contributed by atoms with van der Waals surface area (Å²) in [5, 5.41) is 2.47. The SMILES string of the molecule is CC(C)(C)OOC1(OOC(C)(C)C)CCC2(CC1)OC1(C)c3cccc4cccc(c34)C1(C)O2. The normalized spacial score (nSPS) is 29.6. The molecule has 1 saturated carbocycles. The average molecular weight is 471 g/mol. The minimum absolute atomic E-state index is 0.478. The number of ether oxygens (including phenoxy) is 2. The van der Waals surface area contributed by atoms with Gasteiger partial charge in [0.25, 0.3) is 0 Å². The number of rotatable bonds is 4. The summed E-state index contributed by atoms with van der Waals surface area (Å²) in [6.07, 6.45) is 2.21. The molecule has 1 saturated heterocycles. The lowest BCUT2D eigenvalue weighted by atomic mass is 9.84. The Morgan fingerprint density at radius 2 is 1.12 bits per heavy atom. The molecule has 0 aromatic heterocycles. The summed E-state index contributed by atoms with van der Waals surface area (Å²) in [5.41, 5.74) is 0.263. The average Bonchev–Trinajstić information content (AvgIpc) is 3.08. The highest BCUT2D eigenvalue weighted by molar-refractivity contribution is 5.93.